The van der Waals surface area contributed by atoms with Crippen LogP contribution in [0.4, 0.5) is 0 Å². The first-order valence-corrected chi connectivity index (χ1v) is 9.39. The fourth-order valence-corrected chi connectivity index (χ4v) is 3.52. The largest absolute Gasteiger partial charge is 0.497 e. The van der Waals surface area contributed by atoms with E-state index in [0.717, 1.165) is 11.4 Å². The number of nitrogens with zero attached hydrogens (tertiary/aromatic N) is 4. The summed E-state index contributed by atoms with van der Waals surface area (Å²) in [7, 11) is 4.62. The predicted octanol–water partition coefficient (Wildman–Crippen LogP) is 2.71. The summed E-state index contributed by atoms with van der Waals surface area (Å²) in [5, 5.41) is 12.4. The van der Waals surface area contributed by atoms with Crippen LogP contribution in [0.2, 0.25) is 0 Å². The first-order valence-electron chi connectivity index (χ1n) is 8.99. The van der Waals surface area contributed by atoms with Gasteiger partial charge in [-0.15, -0.1) is 0 Å². The molecule has 0 saturated heterocycles. The van der Waals surface area contributed by atoms with Gasteiger partial charge in [-0.1, -0.05) is 0 Å². The van der Waals surface area contributed by atoms with Gasteiger partial charge >= 0.3 is 0 Å². The standard InChI is InChI=1S/C20H19N5O4S/c1-27-14-7-5-13(6-8-14)25-16(22-23-20(25)30)11-24-19(26)17-12(10-21-24)4-9-15(28-2)18(17)29-3/h4-10H,11H2,1-3H3,(H,23,30). The SMILES string of the molecule is COc1ccc(-n2c(Cn3ncc4ccc(OC)c(OC)c4c3=O)n[nH]c2=S)cc1. The molecule has 0 unspecified atom stereocenters. The number of fused-ring (bicyclic) bond motifs is 1. The number of nitrogens with one attached hydrogen (secondary N) is 1. The second-order valence-corrected chi connectivity index (χ2v) is 6.74. The zero-order chi connectivity index (χ0) is 21.3. The van der Waals surface area contributed by atoms with Gasteiger partial charge in [0.25, 0.3) is 5.56 Å². The molecule has 0 bridgehead atoms. The molecule has 30 heavy (non-hydrogen) atoms. The topological polar surface area (TPSA) is 96.2 Å². The zero-order valence-electron chi connectivity index (χ0n) is 16.6. The summed E-state index contributed by atoms with van der Waals surface area (Å²) in [5.41, 5.74) is 0.469. The van der Waals surface area contributed by atoms with E-state index in [2.05, 4.69) is 15.3 Å². The molecular formula is C20H19N5O4S. The maximum atomic E-state index is 13.2. The van der Waals surface area contributed by atoms with Gasteiger partial charge in [-0.05, 0) is 48.6 Å². The lowest BCUT2D eigenvalue weighted by Gasteiger charge is -2.12. The van der Waals surface area contributed by atoms with Gasteiger partial charge in [-0.2, -0.15) is 10.2 Å². The molecule has 10 heteroatoms. The Bertz CT molecular complexity index is 1320. The number of benzene rings is 2. The highest BCUT2D eigenvalue weighted by atomic mass is 32.1. The molecule has 4 aromatic rings. The van der Waals surface area contributed by atoms with E-state index in [1.54, 1.807) is 30.0 Å². The summed E-state index contributed by atoms with van der Waals surface area (Å²) in [4.78, 5) is 13.2. The molecule has 0 aliphatic carbocycles. The molecule has 2 aromatic carbocycles. The van der Waals surface area contributed by atoms with Crippen LogP contribution in [0.1, 0.15) is 5.82 Å². The number of hydrogen-bond donors (Lipinski definition) is 1. The molecule has 2 aromatic heterocycles. The molecule has 9 nitrogen and oxygen atoms in total. The van der Waals surface area contributed by atoms with Gasteiger partial charge in [0.1, 0.15) is 12.3 Å². The first kappa shape index (κ1) is 19.6. The van der Waals surface area contributed by atoms with Crippen LogP contribution in [0.15, 0.2) is 47.4 Å². The molecule has 1 N–H and O–H groups in total. The Balaban J connectivity index is 1.81. The number of aromatic nitrogens is 5. The van der Waals surface area contributed by atoms with Crippen LogP contribution in [0.3, 0.4) is 0 Å². The molecule has 2 heterocycles. The van der Waals surface area contributed by atoms with Crippen molar-refractivity contribution in [2.24, 2.45) is 0 Å². The molecule has 0 fully saturated rings. The zero-order valence-corrected chi connectivity index (χ0v) is 17.4. The molecule has 0 aliphatic heterocycles. The van der Waals surface area contributed by atoms with E-state index in [4.69, 9.17) is 26.4 Å². The van der Waals surface area contributed by atoms with E-state index < -0.39 is 0 Å². The third-order valence-corrected chi connectivity index (χ3v) is 5.00. The third kappa shape index (κ3) is 3.30. The van der Waals surface area contributed by atoms with Crippen molar-refractivity contribution in [2.45, 2.75) is 6.54 Å². The maximum absolute atomic E-state index is 13.2. The minimum Gasteiger partial charge on any atom is -0.497 e. The fraction of sp³-hybridized carbons (Fsp3) is 0.200. The van der Waals surface area contributed by atoms with Crippen LogP contribution in [-0.2, 0) is 6.54 Å². The molecule has 0 radical (unpaired) electrons. The van der Waals surface area contributed by atoms with E-state index >= 15 is 0 Å². The summed E-state index contributed by atoms with van der Waals surface area (Å²) < 4.78 is 19.4. The molecule has 0 aliphatic rings. The Labute approximate surface area is 176 Å². The Morgan fingerprint density at radius 2 is 1.80 bits per heavy atom. The highest BCUT2D eigenvalue weighted by molar-refractivity contribution is 7.71. The van der Waals surface area contributed by atoms with Crippen molar-refractivity contribution >= 4 is 23.0 Å². The van der Waals surface area contributed by atoms with E-state index in [-0.39, 0.29) is 12.1 Å². The van der Waals surface area contributed by atoms with Crippen molar-refractivity contribution in [3.05, 3.63) is 63.5 Å². The van der Waals surface area contributed by atoms with Gasteiger partial charge in [0.05, 0.1) is 32.9 Å². The first-order chi connectivity index (χ1) is 14.6. The minimum atomic E-state index is -0.321. The molecule has 4 rings (SSSR count). The fourth-order valence-electron chi connectivity index (χ4n) is 3.26. The van der Waals surface area contributed by atoms with E-state index in [1.165, 1.54) is 18.9 Å². The number of ether oxygens (including phenoxy) is 3. The van der Waals surface area contributed by atoms with E-state index in [9.17, 15) is 4.79 Å². The number of methoxy groups -OCH3 is 3. The Morgan fingerprint density at radius 3 is 2.47 bits per heavy atom. The predicted molar refractivity (Wildman–Crippen MR) is 114 cm³/mol. The summed E-state index contributed by atoms with van der Waals surface area (Å²) in [5.74, 6) is 2.09. The monoisotopic (exact) mass is 425 g/mol. The van der Waals surface area contributed by atoms with Crippen molar-refractivity contribution in [3.8, 4) is 22.9 Å². The summed E-state index contributed by atoms with van der Waals surface area (Å²) in [6, 6.07) is 10.9. The second-order valence-electron chi connectivity index (χ2n) is 6.35. The van der Waals surface area contributed by atoms with Crippen LogP contribution < -0.4 is 19.8 Å². The summed E-state index contributed by atoms with van der Waals surface area (Å²) in [6.45, 7) is 0.105. The quantitative estimate of drug-likeness (QED) is 0.475. The Morgan fingerprint density at radius 1 is 1.03 bits per heavy atom. The lowest BCUT2D eigenvalue weighted by atomic mass is 10.1. The molecular weight excluding hydrogens is 406 g/mol. The average molecular weight is 425 g/mol. The van der Waals surface area contributed by atoms with Crippen LogP contribution in [0.25, 0.3) is 16.5 Å². The van der Waals surface area contributed by atoms with Gasteiger partial charge in [-0.25, -0.2) is 4.68 Å². The van der Waals surface area contributed by atoms with Crippen molar-refractivity contribution in [3.63, 3.8) is 0 Å². The highest BCUT2D eigenvalue weighted by Crippen LogP contribution is 2.32. The third-order valence-electron chi connectivity index (χ3n) is 4.73. The van der Waals surface area contributed by atoms with Gasteiger partial charge in [0.15, 0.2) is 22.1 Å². The normalized spacial score (nSPS) is 10.9. The number of aromatic amines is 1. The molecule has 0 spiro atoms. The van der Waals surface area contributed by atoms with Crippen LogP contribution in [0.5, 0.6) is 17.2 Å². The number of H-pyrrole nitrogens is 1. The number of hydrogen-bond acceptors (Lipinski definition) is 7. The van der Waals surface area contributed by atoms with Gasteiger partial charge < -0.3 is 14.2 Å². The van der Waals surface area contributed by atoms with Gasteiger partial charge in [0, 0.05) is 11.1 Å². The van der Waals surface area contributed by atoms with Crippen LogP contribution in [0, 0.1) is 4.77 Å². The van der Waals surface area contributed by atoms with E-state index in [0.29, 0.717) is 32.9 Å². The van der Waals surface area contributed by atoms with Crippen LogP contribution >= 0.6 is 12.2 Å². The van der Waals surface area contributed by atoms with Crippen molar-refractivity contribution in [2.75, 3.05) is 21.3 Å². The Hall–Kier alpha value is -3.66. The lowest BCUT2D eigenvalue weighted by Crippen LogP contribution is -2.25. The molecule has 0 saturated carbocycles. The summed E-state index contributed by atoms with van der Waals surface area (Å²) in [6.07, 6.45) is 1.61. The smallest absolute Gasteiger partial charge is 0.278 e. The lowest BCUT2D eigenvalue weighted by molar-refractivity contribution is 0.358. The maximum Gasteiger partial charge on any atom is 0.278 e. The van der Waals surface area contributed by atoms with Gasteiger partial charge in [0.2, 0.25) is 0 Å². The summed E-state index contributed by atoms with van der Waals surface area (Å²) >= 11 is 5.38. The Kier molecular flexibility index (Phi) is 5.23. The van der Waals surface area contributed by atoms with Crippen molar-refractivity contribution in [1.29, 1.82) is 0 Å². The molecule has 154 valence electrons. The second kappa shape index (κ2) is 7.99. The highest BCUT2D eigenvalue weighted by Gasteiger charge is 2.17. The van der Waals surface area contributed by atoms with Crippen LogP contribution in [-0.4, -0.2) is 45.9 Å². The minimum absolute atomic E-state index is 0.105. The van der Waals surface area contributed by atoms with Crippen molar-refractivity contribution in [1.82, 2.24) is 24.5 Å². The van der Waals surface area contributed by atoms with Crippen molar-refractivity contribution < 1.29 is 14.2 Å². The molecule has 0 atom stereocenters. The number of rotatable bonds is 6. The van der Waals surface area contributed by atoms with E-state index in [1.807, 2.05) is 24.3 Å². The molecule has 0 amide bonds. The average Bonchev–Trinajstić information content (AvgIpc) is 3.14. The van der Waals surface area contributed by atoms with Gasteiger partial charge in [-0.3, -0.25) is 14.5 Å².